The van der Waals surface area contributed by atoms with Crippen LogP contribution in [0.5, 0.6) is 0 Å². The van der Waals surface area contributed by atoms with Gasteiger partial charge in [0.2, 0.25) is 11.8 Å². The summed E-state index contributed by atoms with van der Waals surface area (Å²) in [7, 11) is 0. The third kappa shape index (κ3) is 7.94. The van der Waals surface area contributed by atoms with Crippen LogP contribution in [0.15, 0.2) is 24.3 Å². The van der Waals surface area contributed by atoms with E-state index in [-0.39, 0.29) is 12.5 Å². The van der Waals surface area contributed by atoms with Crippen molar-refractivity contribution in [3.8, 4) is 0 Å². The Kier molecular flexibility index (Phi) is 7.25. The van der Waals surface area contributed by atoms with Gasteiger partial charge in [-0.05, 0) is 30.5 Å². The number of carbonyl (C=O) groups excluding carboxylic acids is 2. The summed E-state index contributed by atoms with van der Waals surface area (Å²) in [6.07, 6.45) is 1.70. The Morgan fingerprint density at radius 3 is 2.24 bits per heavy atom. The van der Waals surface area contributed by atoms with E-state index in [0.29, 0.717) is 17.9 Å². The number of hydrogen-bond acceptors (Lipinski definition) is 3. The summed E-state index contributed by atoms with van der Waals surface area (Å²) in [6.45, 7) is -0.668. The predicted octanol–water partition coefficient (Wildman–Crippen LogP) is 0.980. The fourth-order valence-corrected chi connectivity index (χ4v) is 1.73. The van der Waals surface area contributed by atoms with E-state index in [1.54, 1.807) is 12.1 Å². The molecule has 0 unspecified atom stereocenters. The molecule has 0 aliphatic heterocycles. The van der Waals surface area contributed by atoms with Crippen molar-refractivity contribution in [2.24, 2.45) is 0 Å². The van der Waals surface area contributed by atoms with Gasteiger partial charge in [-0.2, -0.15) is 0 Å². The molecule has 3 N–H and O–H groups in total. The zero-order valence-electron chi connectivity index (χ0n) is 11.4. The molecule has 1 aromatic carbocycles. The number of rotatable bonds is 8. The van der Waals surface area contributed by atoms with Crippen LogP contribution in [0.25, 0.3) is 0 Å². The molecule has 0 bridgehead atoms. The molecule has 1 aromatic rings. The smallest absolute Gasteiger partial charge is 0.322 e. The van der Waals surface area contributed by atoms with Gasteiger partial charge in [-0.15, -0.1) is 0 Å². The molecule has 6 nitrogen and oxygen atoms in total. The first-order valence-corrected chi connectivity index (χ1v) is 6.85. The van der Waals surface area contributed by atoms with Crippen LogP contribution in [0.2, 0.25) is 5.02 Å². The number of benzene rings is 1. The zero-order valence-corrected chi connectivity index (χ0v) is 12.2. The first-order valence-electron chi connectivity index (χ1n) is 6.47. The molecule has 0 fully saturated rings. The normalized spacial score (nSPS) is 9.95. The monoisotopic (exact) mass is 312 g/mol. The molecule has 7 heteroatoms. The second kappa shape index (κ2) is 8.97. The Hall–Kier alpha value is -2.08. The highest BCUT2D eigenvalue weighted by atomic mass is 35.5. The largest absolute Gasteiger partial charge is 0.480 e. The van der Waals surface area contributed by atoms with E-state index in [1.165, 1.54) is 0 Å². The lowest BCUT2D eigenvalue weighted by molar-refractivity contribution is -0.137. The van der Waals surface area contributed by atoms with Gasteiger partial charge in [0.15, 0.2) is 0 Å². The van der Waals surface area contributed by atoms with Crippen LogP contribution in [0.1, 0.15) is 18.4 Å². The molecule has 0 spiro atoms. The quantitative estimate of drug-likeness (QED) is 0.667. The second-order valence-electron chi connectivity index (χ2n) is 4.43. The van der Waals surface area contributed by atoms with Crippen LogP contribution >= 0.6 is 11.6 Å². The standard InChI is InChI=1S/C14H17ClN2O4/c15-11-6-4-10(5-7-11)2-1-3-12(18)16-8-13(19)17-9-14(20)21/h4-7H,1-3,8-9H2,(H,16,18)(H,17,19)(H,20,21). The van der Waals surface area contributed by atoms with Crippen LogP contribution in [0, 0.1) is 0 Å². The van der Waals surface area contributed by atoms with Crippen LogP contribution in [-0.4, -0.2) is 36.0 Å². The minimum Gasteiger partial charge on any atom is -0.480 e. The average Bonchev–Trinajstić information content (AvgIpc) is 2.45. The van der Waals surface area contributed by atoms with E-state index in [1.807, 2.05) is 12.1 Å². The molecule has 0 aromatic heterocycles. The number of carboxylic acids is 1. The van der Waals surface area contributed by atoms with Crippen molar-refractivity contribution in [1.82, 2.24) is 10.6 Å². The van der Waals surface area contributed by atoms with Crippen molar-refractivity contribution < 1.29 is 19.5 Å². The van der Waals surface area contributed by atoms with E-state index in [0.717, 1.165) is 12.0 Å². The van der Waals surface area contributed by atoms with Gasteiger partial charge in [0.25, 0.3) is 0 Å². The summed E-state index contributed by atoms with van der Waals surface area (Å²) in [5.74, 6) is -1.89. The predicted molar refractivity (Wildman–Crippen MR) is 78.0 cm³/mol. The Labute approximate surface area is 127 Å². The van der Waals surface area contributed by atoms with Crippen molar-refractivity contribution in [1.29, 1.82) is 0 Å². The van der Waals surface area contributed by atoms with Crippen molar-refractivity contribution in [3.05, 3.63) is 34.9 Å². The lowest BCUT2D eigenvalue weighted by Gasteiger charge is -2.05. The van der Waals surface area contributed by atoms with Crippen LogP contribution in [-0.2, 0) is 20.8 Å². The molecular formula is C14H17ClN2O4. The summed E-state index contributed by atoms with van der Waals surface area (Å²) in [5, 5.41) is 13.6. The van der Waals surface area contributed by atoms with Gasteiger partial charge in [-0.3, -0.25) is 14.4 Å². The molecule has 0 heterocycles. The topological polar surface area (TPSA) is 95.5 Å². The van der Waals surface area contributed by atoms with Gasteiger partial charge >= 0.3 is 5.97 Å². The second-order valence-corrected chi connectivity index (χ2v) is 4.86. The molecule has 0 atom stereocenters. The van der Waals surface area contributed by atoms with Crippen LogP contribution in [0.3, 0.4) is 0 Å². The highest BCUT2D eigenvalue weighted by Crippen LogP contribution is 2.11. The lowest BCUT2D eigenvalue weighted by atomic mass is 10.1. The third-order valence-electron chi connectivity index (χ3n) is 2.67. The first-order chi connectivity index (χ1) is 9.97. The number of amides is 2. The van der Waals surface area contributed by atoms with Gasteiger partial charge in [0.1, 0.15) is 6.54 Å². The van der Waals surface area contributed by atoms with Crippen molar-refractivity contribution in [2.75, 3.05) is 13.1 Å². The van der Waals surface area contributed by atoms with Gasteiger partial charge in [-0.25, -0.2) is 0 Å². The van der Waals surface area contributed by atoms with E-state index in [4.69, 9.17) is 16.7 Å². The Bertz CT molecular complexity index is 502. The van der Waals surface area contributed by atoms with Crippen LogP contribution < -0.4 is 10.6 Å². The Balaban J connectivity index is 2.15. The maximum absolute atomic E-state index is 11.5. The van der Waals surface area contributed by atoms with Crippen molar-refractivity contribution in [2.45, 2.75) is 19.3 Å². The summed E-state index contributed by atoms with van der Waals surface area (Å²) < 4.78 is 0. The number of halogens is 1. The number of carboxylic acid groups (broad SMARTS) is 1. The number of carbonyl (C=O) groups is 3. The van der Waals surface area contributed by atoms with E-state index >= 15 is 0 Å². The highest BCUT2D eigenvalue weighted by molar-refractivity contribution is 6.30. The Morgan fingerprint density at radius 1 is 1.00 bits per heavy atom. The summed E-state index contributed by atoms with van der Waals surface area (Å²) in [6, 6.07) is 7.40. The Morgan fingerprint density at radius 2 is 1.62 bits per heavy atom. The minimum atomic E-state index is -1.13. The molecule has 0 aliphatic rings. The summed E-state index contributed by atoms with van der Waals surface area (Å²) in [5.41, 5.74) is 1.09. The molecule has 21 heavy (non-hydrogen) atoms. The van der Waals surface area contributed by atoms with Gasteiger partial charge in [0.05, 0.1) is 6.54 Å². The molecule has 114 valence electrons. The molecule has 1 rings (SSSR count). The van der Waals surface area contributed by atoms with Crippen molar-refractivity contribution >= 4 is 29.4 Å². The van der Waals surface area contributed by atoms with Crippen molar-refractivity contribution in [3.63, 3.8) is 0 Å². The zero-order chi connectivity index (χ0) is 15.7. The molecule has 0 saturated heterocycles. The van der Waals surface area contributed by atoms with E-state index < -0.39 is 18.4 Å². The summed E-state index contributed by atoms with van der Waals surface area (Å²) >= 11 is 5.77. The van der Waals surface area contributed by atoms with Crippen LogP contribution in [0.4, 0.5) is 0 Å². The van der Waals surface area contributed by atoms with E-state index in [9.17, 15) is 14.4 Å². The van der Waals surface area contributed by atoms with Gasteiger partial charge in [0, 0.05) is 11.4 Å². The average molecular weight is 313 g/mol. The fourth-order valence-electron chi connectivity index (χ4n) is 1.61. The highest BCUT2D eigenvalue weighted by Gasteiger charge is 2.06. The number of hydrogen-bond donors (Lipinski definition) is 3. The molecule has 0 aliphatic carbocycles. The number of nitrogens with one attached hydrogen (secondary N) is 2. The maximum atomic E-state index is 11.5. The summed E-state index contributed by atoms with van der Waals surface area (Å²) in [4.78, 5) is 32.9. The minimum absolute atomic E-state index is 0.215. The van der Waals surface area contributed by atoms with E-state index in [2.05, 4.69) is 10.6 Å². The van der Waals surface area contributed by atoms with Gasteiger partial charge in [-0.1, -0.05) is 23.7 Å². The number of aliphatic carboxylic acids is 1. The molecule has 0 radical (unpaired) electrons. The maximum Gasteiger partial charge on any atom is 0.322 e. The molecular weight excluding hydrogens is 296 g/mol. The fraction of sp³-hybridized carbons (Fsp3) is 0.357. The molecule has 0 saturated carbocycles. The molecule has 2 amide bonds. The SMILES string of the molecule is O=C(O)CNC(=O)CNC(=O)CCCc1ccc(Cl)cc1. The third-order valence-corrected chi connectivity index (χ3v) is 2.92. The first kappa shape index (κ1) is 17.0. The lowest BCUT2D eigenvalue weighted by Crippen LogP contribution is -2.38. The number of aryl methyl sites for hydroxylation is 1. The van der Waals surface area contributed by atoms with Gasteiger partial charge < -0.3 is 15.7 Å².